The van der Waals surface area contributed by atoms with E-state index in [9.17, 15) is 0 Å². The number of nitrogens with two attached hydrogens (primary N) is 1. The van der Waals surface area contributed by atoms with Gasteiger partial charge in [0.2, 0.25) is 0 Å². The standard InChI is InChI=1S/C14H23NO/c1-12(2)8-10-16-11-14-6-4-3-5-13(14)7-9-15/h3-6,12H,7-11,15H2,1-2H3. The Balaban J connectivity index is 2.40. The Hall–Kier alpha value is -0.860. The summed E-state index contributed by atoms with van der Waals surface area (Å²) in [5, 5.41) is 0. The molecule has 0 saturated heterocycles. The second-order valence-electron chi connectivity index (χ2n) is 4.54. The van der Waals surface area contributed by atoms with Crippen LogP contribution in [0.25, 0.3) is 0 Å². The number of benzene rings is 1. The minimum absolute atomic E-state index is 0.697. The van der Waals surface area contributed by atoms with Gasteiger partial charge in [-0.05, 0) is 36.4 Å². The predicted octanol–water partition coefficient (Wildman–Crippen LogP) is 2.75. The van der Waals surface area contributed by atoms with Gasteiger partial charge in [0.1, 0.15) is 0 Å². The van der Waals surface area contributed by atoms with E-state index in [4.69, 9.17) is 10.5 Å². The van der Waals surface area contributed by atoms with Crippen molar-refractivity contribution in [2.24, 2.45) is 11.7 Å². The van der Waals surface area contributed by atoms with E-state index in [0.717, 1.165) is 19.4 Å². The quantitative estimate of drug-likeness (QED) is 0.719. The summed E-state index contributed by atoms with van der Waals surface area (Å²) < 4.78 is 5.68. The van der Waals surface area contributed by atoms with Gasteiger partial charge in [0.15, 0.2) is 0 Å². The van der Waals surface area contributed by atoms with Crippen LogP contribution in [0.3, 0.4) is 0 Å². The monoisotopic (exact) mass is 221 g/mol. The molecular formula is C14H23NO. The van der Waals surface area contributed by atoms with E-state index < -0.39 is 0 Å². The molecule has 0 aliphatic rings. The van der Waals surface area contributed by atoms with Crippen molar-refractivity contribution < 1.29 is 4.74 Å². The Bertz CT molecular complexity index is 297. The summed E-state index contributed by atoms with van der Waals surface area (Å²) in [6.45, 7) is 6.68. The van der Waals surface area contributed by atoms with Crippen molar-refractivity contribution in [1.82, 2.24) is 0 Å². The van der Waals surface area contributed by atoms with Crippen LogP contribution in [0.4, 0.5) is 0 Å². The molecule has 0 aliphatic heterocycles. The SMILES string of the molecule is CC(C)CCOCc1ccccc1CCN. The zero-order valence-corrected chi connectivity index (χ0v) is 10.4. The number of ether oxygens (including phenoxy) is 1. The first-order valence-electron chi connectivity index (χ1n) is 6.08. The normalized spacial score (nSPS) is 11.0. The Morgan fingerprint density at radius 1 is 1.19 bits per heavy atom. The van der Waals surface area contributed by atoms with Gasteiger partial charge in [0.25, 0.3) is 0 Å². The second kappa shape index (κ2) is 7.42. The molecule has 0 unspecified atom stereocenters. The van der Waals surface area contributed by atoms with Gasteiger partial charge in [-0.3, -0.25) is 0 Å². The third-order valence-corrected chi connectivity index (χ3v) is 2.63. The lowest BCUT2D eigenvalue weighted by atomic mass is 10.1. The first-order valence-corrected chi connectivity index (χ1v) is 6.08. The molecule has 90 valence electrons. The lowest BCUT2D eigenvalue weighted by Crippen LogP contribution is -2.06. The molecule has 2 heteroatoms. The third kappa shape index (κ3) is 4.77. The number of rotatable bonds is 7. The average Bonchev–Trinajstić information content (AvgIpc) is 2.26. The van der Waals surface area contributed by atoms with E-state index in [-0.39, 0.29) is 0 Å². The van der Waals surface area contributed by atoms with Crippen LogP contribution in [-0.2, 0) is 17.8 Å². The fourth-order valence-corrected chi connectivity index (χ4v) is 1.60. The Morgan fingerprint density at radius 3 is 2.50 bits per heavy atom. The lowest BCUT2D eigenvalue weighted by Gasteiger charge is -2.10. The molecule has 1 aromatic rings. The summed E-state index contributed by atoms with van der Waals surface area (Å²) in [4.78, 5) is 0. The fraction of sp³-hybridized carbons (Fsp3) is 0.571. The summed E-state index contributed by atoms with van der Waals surface area (Å²) in [6.07, 6.45) is 2.06. The topological polar surface area (TPSA) is 35.2 Å². The van der Waals surface area contributed by atoms with Gasteiger partial charge >= 0.3 is 0 Å². The molecule has 0 heterocycles. The van der Waals surface area contributed by atoms with Crippen molar-refractivity contribution >= 4 is 0 Å². The minimum Gasteiger partial charge on any atom is -0.377 e. The van der Waals surface area contributed by atoms with Gasteiger partial charge in [-0.2, -0.15) is 0 Å². The van der Waals surface area contributed by atoms with Crippen LogP contribution in [-0.4, -0.2) is 13.2 Å². The molecule has 2 nitrogen and oxygen atoms in total. The molecule has 0 saturated carbocycles. The zero-order chi connectivity index (χ0) is 11.8. The van der Waals surface area contributed by atoms with Crippen LogP contribution in [0, 0.1) is 5.92 Å². The maximum atomic E-state index is 5.68. The molecule has 1 aromatic carbocycles. The highest BCUT2D eigenvalue weighted by Gasteiger charge is 2.01. The molecule has 16 heavy (non-hydrogen) atoms. The largest absolute Gasteiger partial charge is 0.377 e. The molecule has 0 amide bonds. The van der Waals surface area contributed by atoms with E-state index in [1.165, 1.54) is 11.1 Å². The van der Waals surface area contributed by atoms with Gasteiger partial charge in [0.05, 0.1) is 6.61 Å². The first kappa shape index (κ1) is 13.2. The van der Waals surface area contributed by atoms with Gasteiger partial charge in [-0.15, -0.1) is 0 Å². The minimum atomic E-state index is 0.697. The van der Waals surface area contributed by atoms with Gasteiger partial charge in [-0.1, -0.05) is 38.1 Å². The molecule has 2 N–H and O–H groups in total. The van der Waals surface area contributed by atoms with E-state index >= 15 is 0 Å². The highest BCUT2D eigenvalue weighted by molar-refractivity contribution is 5.26. The van der Waals surface area contributed by atoms with Crippen LogP contribution in [0.1, 0.15) is 31.4 Å². The summed E-state index contributed by atoms with van der Waals surface area (Å²) in [6, 6.07) is 8.37. The molecule has 0 radical (unpaired) electrons. The molecule has 0 bridgehead atoms. The highest BCUT2D eigenvalue weighted by atomic mass is 16.5. The predicted molar refractivity (Wildman–Crippen MR) is 68.3 cm³/mol. The van der Waals surface area contributed by atoms with Crippen LogP contribution in [0.2, 0.25) is 0 Å². The van der Waals surface area contributed by atoms with Crippen LogP contribution >= 0.6 is 0 Å². The van der Waals surface area contributed by atoms with E-state index in [0.29, 0.717) is 19.1 Å². The number of hydrogen-bond acceptors (Lipinski definition) is 2. The molecule has 0 atom stereocenters. The Kier molecular flexibility index (Phi) is 6.12. The van der Waals surface area contributed by atoms with Crippen molar-refractivity contribution in [3.63, 3.8) is 0 Å². The summed E-state index contributed by atoms with van der Waals surface area (Å²) in [5.41, 5.74) is 8.17. The fourth-order valence-electron chi connectivity index (χ4n) is 1.60. The van der Waals surface area contributed by atoms with E-state index in [1.807, 2.05) is 0 Å². The van der Waals surface area contributed by atoms with Crippen LogP contribution < -0.4 is 5.73 Å². The maximum Gasteiger partial charge on any atom is 0.0719 e. The summed E-state index contributed by atoms with van der Waals surface area (Å²) >= 11 is 0. The zero-order valence-electron chi connectivity index (χ0n) is 10.4. The third-order valence-electron chi connectivity index (χ3n) is 2.63. The summed E-state index contributed by atoms with van der Waals surface area (Å²) in [7, 11) is 0. The van der Waals surface area contributed by atoms with Crippen LogP contribution in [0.15, 0.2) is 24.3 Å². The second-order valence-corrected chi connectivity index (χ2v) is 4.54. The van der Waals surface area contributed by atoms with Crippen molar-refractivity contribution in [1.29, 1.82) is 0 Å². The average molecular weight is 221 g/mol. The summed E-state index contributed by atoms with van der Waals surface area (Å²) in [5.74, 6) is 0.708. The molecule has 0 spiro atoms. The molecule has 0 fully saturated rings. The lowest BCUT2D eigenvalue weighted by molar-refractivity contribution is 0.110. The van der Waals surface area contributed by atoms with Gasteiger partial charge in [-0.25, -0.2) is 0 Å². The van der Waals surface area contributed by atoms with Crippen molar-refractivity contribution in [3.8, 4) is 0 Å². The van der Waals surface area contributed by atoms with Gasteiger partial charge in [0, 0.05) is 6.61 Å². The van der Waals surface area contributed by atoms with Crippen molar-refractivity contribution in [2.75, 3.05) is 13.2 Å². The maximum absolute atomic E-state index is 5.68. The van der Waals surface area contributed by atoms with Crippen molar-refractivity contribution in [2.45, 2.75) is 33.3 Å². The first-order chi connectivity index (χ1) is 7.74. The molecular weight excluding hydrogens is 198 g/mol. The smallest absolute Gasteiger partial charge is 0.0719 e. The van der Waals surface area contributed by atoms with Crippen molar-refractivity contribution in [3.05, 3.63) is 35.4 Å². The molecule has 1 rings (SSSR count). The van der Waals surface area contributed by atoms with E-state index in [1.54, 1.807) is 0 Å². The Labute approximate surface area is 98.8 Å². The molecule has 0 aliphatic carbocycles. The van der Waals surface area contributed by atoms with Crippen LogP contribution in [0.5, 0.6) is 0 Å². The van der Waals surface area contributed by atoms with Gasteiger partial charge < -0.3 is 10.5 Å². The highest BCUT2D eigenvalue weighted by Crippen LogP contribution is 2.11. The Morgan fingerprint density at radius 2 is 1.88 bits per heavy atom. The number of hydrogen-bond donors (Lipinski definition) is 1. The van der Waals surface area contributed by atoms with E-state index in [2.05, 4.69) is 38.1 Å². The molecule has 0 aromatic heterocycles.